The van der Waals surface area contributed by atoms with Crippen LogP contribution in [0.25, 0.3) is 11.1 Å². The van der Waals surface area contributed by atoms with Crippen molar-refractivity contribution in [1.82, 2.24) is 0 Å². The Morgan fingerprint density at radius 3 is 1.48 bits per heavy atom. The summed E-state index contributed by atoms with van der Waals surface area (Å²) in [6.45, 7) is -0.455. The van der Waals surface area contributed by atoms with Crippen LogP contribution in [0.1, 0.15) is 32.6 Å². The molecule has 5 rings (SSSR count). The minimum absolute atomic E-state index is 0.131. The second kappa shape index (κ2) is 11.7. The summed E-state index contributed by atoms with van der Waals surface area (Å²) in [5.74, 6) is -2.47. The van der Waals surface area contributed by atoms with Crippen molar-refractivity contribution in [2.45, 2.75) is 24.2 Å². The maximum Gasteiger partial charge on any atom is 0.416 e. The van der Waals surface area contributed by atoms with Gasteiger partial charge in [-0.15, -0.1) is 0 Å². The van der Waals surface area contributed by atoms with Crippen LogP contribution in [0.3, 0.4) is 0 Å². The molecule has 0 aliphatic carbocycles. The molecular weight excluding hydrogens is 677 g/mol. The summed E-state index contributed by atoms with van der Waals surface area (Å²) < 4.78 is 97.5. The zero-order valence-corrected chi connectivity index (χ0v) is 23.7. The molecule has 4 nitrogen and oxygen atoms in total. The number of rotatable bonds is 5. The number of hydrogen-bond donors (Lipinski definition) is 0. The van der Waals surface area contributed by atoms with Crippen LogP contribution in [0.2, 0.25) is 0 Å². The zero-order valence-electron chi connectivity index (χ0n) is 21.5. The summed E-state index contributed by atoms with van der Waals surface area (Å²) in [4.78, 5) is 12.8. The first-order chi connectivity index (χ1) is 19.8. The molecule has 11 heteroatoms. The standard InChI is InChI=1S/C31H21F6IO4/c32-30(33,34)24-11-7-22(8-12-24)29(23-9-13-25(14-10-23)31(35,36)37)40-17-27(18-41-29)42-28(39)21-3-1-19(2-4-21)20-5-15-26(38)16-6-20/h1-16,27H,17-18H2. The van der Waals surface area contributed by atoms with Gasteiger partial charge in [0.15, 0.2) is 0 Å². The predicted molar refractivity (Wildman–Crippen MR) is 149 cm³/mol. The van der Waals surface area contributed by atoms with E-state index in [1.165, 1.54) is 0 Å². The second-order valence-corrected chi connectivity index (χ2v) is 10.7. The van der Waals surface area contributed by atoms with Crippen LogP contribution in [-0.2, 0) is 32.4 Å². The molecule has 0 atom stereocenters. The van der Waals surface area contributed by atoms with Crippen molar-refractivity contribution in [3.8, 4) is 11.1 Å². The van der Waals surface area contributed by atoms with E-state index in [4.69, 9.17) is 14.2 Å². The van der Waals surface area contributed by atoms with Gasteiger partial charge in [-0.1, -0.05) is 48.5 Å². The van der Waals surface area contributed by atoms with Crippen LogP contribution in [-0.4, -0.2) is 25.3 Å². The SMILES string of the molecule is O=C(OC1COC(c2ccc(C(F)(F)F)cc2)(c2ccc(C(F)(F)F)cc2)OC1)c1ccc(-c2ccc(I)cc2)cc1. The molecule has 0 N–H and O–H groups in total. The molecule has 4 aromatic carbocycles. The fourth-order valence-corrected chi connectivity index (χ4v) is 4.86. The van der Waals surface area contributed by atoms with Gasteiger partial charge in [0.2, 0.25) is 5.79 Å². The van der Waals surface area contributed by atoms with E-state index in [-0.39, 0.29) is 29.9 Å². The highest BCUT2D eigenvalue weighted by Crippen LogP contribution is 2.41. The molecule has 0 bridgehead atoms. The van der Waals surface area contributed by atoms with Crippen LogP contribution in [0, 0.1) is 3.57 Å². The van der Waals surface area contributed by atoms with Crippen LogP contribution in [0.4, 0.5) is 26.3 Å². The Morgan fingerprint density at radius 2 is 1.07 bits per heavy atom. The molecule has 1 saturated heterocycles. The lowest BCUT2D eigenvalue weighted by Gasteiger charge is -2.40. The van der Waals surface area contributed by atoms with E-state index in [0.717, 1.165) is 63.2 Å². The fraction of sp³-hybridized carbons (Fsp3) is 0.194. The van der Waals surface area contributed by atoms with E-state index >= 15 is 0 Å². The Morgan fingerprint density at radius 1 is 0.667 bits per heavy atom. The summed E-state index contributed by atoms with van der Waals surface area (Å²) in [5.41, 5.74) is 0.607. The number of benzene rings is 4. The molecule has 0 radical (unpaired) electrons. The van der Waals surface area contributed by atoms with Gasteiger partial charge in [0.25, 0.3) is 0 Å². The summed E-state index contributed by atoms with van der Waals surface area (Å²) in [6, 6.07) is 22.6. The zero-order chi connectivity index (χ0) is 30.1. The third-order valence-electron chi connectivity index (χ3n) is 6.70. The number of carbonyl (C=O) groups excluding carboxylic acids is 1. The van der Waals surface area contributed by atoms with E-state index in [0.29, 0.717) is 0 Å². The minimum Gasteiger partial charge on any atom is -0.454 e. The first kappa shape index (κ1) is 30.1. The summed E-state index contributed by atoms with van der Waals surface area (Å²) >= 11 is 2.21. The van der Waals surface area contributed by atoms with Gasteiger partial charge >= 0.3 is 18.3 Å². The maximum atomic E-state index is 13.2. The van der Waals surface area contributed by atoms with Gasteiger partial charge in [-0.3, -0.25) is 0 Å². The molecule has 0 aromatic heterocycles. The van der Waals surface area contributed by atoms with Crippen LogP contribution >= 0.6 is 22.6 Å². The Bertz CT molecular complexity index is 1460. The molecule has 1 aliphatic rings. The predicted octanol–water partition coefficient (Wildman–Crippen LogP) is 8.47. The minimum atomic E-state index is -4.59. The van der Waals surface area contributed by atoms with Gasteiger partial charge in [-0.25, -0.2) is 4.79 Å². The van der Waals surface area contributed by atoms with Gasteiger partial charge in [0.1, 0.15) is 6.10 Å². The third kappa shape index (κ3) is 6.47. The molecule has 1 heterocycles. The lowest BCUT2D eigenvalue weighted by atomic mass is 9.94. The lowest BCUT2D eigenvalue weighted by molar-refractivity contribution is -0.277. The molecule has 0 amide bonds. The molecule has 0 unspecified atom stereocenters. The average molecular weight is 698 g/mol. The molecule has 0 saturated carbocycles. The fourth-order valence-electron chi connectivity index (χ4n) is 4.50. The smallest absolute Gasteiger partial charge is 0.416 e. The first-order valence-corrected chi connectivity index (χ1v) is 13.6. The third-order valence-corrected chi connectivity index (χ3v) is 7.42. The number of alkyl halides is 6. The topological polar surface area (TPSA) is 44.8 Å². The van der Waals surface area contributed by atoms with Crippen LogP contribution < -0.4 is 0 Å². The average Bonchev–Trinajstić information content (AvgIpc) is 2.97. The highest BCUT2D eigenvalue weighted by molar-refractivity contribution is 14.1. The van der Waals surface area contributed by atoms with Gasteiger partial charge < -0.3 is 14.2 Å². The molecular formula is C31H21F6IO4. The highest BCUT2D eigenvalue weighted by atomic mass is 127. The van der Waals surface area contributed by atoms with Crippen molar-refractivity contribution in [3.63, 3.8) is 0 Å². The van der Waals surface area contributed by atoms with Gasteiger partial charge in [0, 0.05) is 14.7 Å². The van der Waals surface area contributed by atoms with Crippen molar-refractivity contribution in [1.29, 1.82) is 0 Å². The number of carbonyl (C=O) groups is 1. The van der Waals surface area contributed by atoms with E-state index < -0.39 is 41.3 Å². The van der Waals surface area contributed by atoms with Crippen molar-refractivity contribution in [3.05, 3.63) is 128 Å². The van der Waals surface area contributed by atoms with Crippen molar-refractivity contribution >= 4 is 28.6 Å². The number of hydrogen-bond acceptors (Lipinski definition) is 4. The van der Waals surface area contributed by atoms with Gasteiger partial charge in [0.05, 0.1) is 29.9 Å². The lowest BCUT2D eigenvalue weighted by Crippen LogP contribution is -2.46. The van der Waals surface area contributed by atoms with Gasteiger partial charge in [-0.2, -0.15) is 26.3 Å². The largest absolute Gasteiger partial charge is 0.454 e. The van der Waals surface area contributed by atoms with E-state index in [9.17, 15) is 31.1 Å². The molecule has 218 valence electrons. The normalized spacial score (nSPS) is 15.8. The molecule has 0 spiro atoms. The summed E-state index contributed by atoms with van der Waals surface area (Å²) in [6.07, 6.45) is -10.1. The maximum absolute atomic E-state index is 13.2. The molecule has 1 fully saturated rings. The Kier molecular flexibility index (Phi) is 8.37. The van der Waals surface area contributed by atoms with Crippen LogP contribution in [0.5, 0.6) is 0 Å². The van der Waals surface area contributed by atoms with Crippen molar-refractivity contribution in [2.75, 3.05) is 13.2 Å². The molecule has 42 heavy (non-hydrogen) atoms. The Balaban J connectivity index is 1.33. The summed E-state index contributed by atoms with van der Waals surface area (Å²) in [5, 5.41) is 0. The second-order valence-electron chi connectivity index (χ2n) is 9.50. The first-order valence-electron chi connectivity index (χ1n) is 12.6. The molecule has 4 aromatic rings. The Hall–Kier alpha value is -3.42. The quantitative estimate of drug-likeness (QED) is 0.119. The van der Waals surface area contributed by atoms with E-state index in [2.05, 4.69) is 22.6 Å². The molecule has 1 aliphatic heterocycles. The van der Waals surface area contributed by atoms with Gasteiger partial charge in [-0.05, 0) is 82.2 Å². The Labute approximate surface area is 250 Å². The van der Waals surface area contributed by atoms with E-state index in [1.54, 1.807) is 24.3 Å². The summed E-state index contributed by atoms with van der Waals surface area (Å²) in [7, 11) is 0. The monoisotopic (exact) mass is 698 g/mol. The van der Waals surface area contributed by atoms with E-state index in [1.807, 2.05) is 24.3 Å². The highest BCUT2D eigenvalue weighted by Gasteiger charge is 2.43. The number of ether oxygens (including phenoxy) is 3. The number of esters is 1. The van der Waals surface area contributed by atoms with Crippen molar-refractivity contribution < 1.29 is 45.3 Å². The van der Waals surface area contributed by atoms with Crippen LogP contribution in [0.15, 0.2) is 97.1 Å². The van der Waals surface area contributed by atoms with Crippen molar-refractivity contribution in [2.24, 2.45) is 0 Å². The number of halogens is 7.